The smallest absolute Gasteiger partial charge is 0.0348 e. The van der Waals surface area contributed by atoms with Gasteiger partial charge in [0.1, 0.15) is 0 Å². The van der Waals surface area contributed by atoms with Gasteiger partial charge in [-0.1, -0.05) is 81.7 Å². The second kappa shape index (κ2) is 13.0. The minimum absolute atomic E-state index is 1.17. The highest BCUT2D eigenvalue weighted by Crippen LogP contribution is 1.95. The summed E-state index contributed by atoms with van der Waals surface area (Å²) in [5, 5.41) is 0. The molecule has 0 aromatic rings. The molecule has 0 aromatic carbocycles. The average Bonchev–Trinajstić information content (AvgIpc) is 2.26. The maximum absolute atomic E-state index is 2.22. The Bertz CT molecular complexity index is 216. The Kier molecular flexibility index (Phi) is 12.1. The van der Waals surface area contributed by atoms with Gasteiger partial charge < -0.3 is 0 Å². The first-order chi connectivity index (χ1) is 7.41. The standard InChI is InChI=1S/C15H24/c1-3-5-7-9-11-13-15-14-12-10-8-6-4-2/h7,9-15H,3-6,8H2,1-2H3/b9-7+,12-10+,13-11+,15-14+. The van der Waals surface area contributed by atoms with E-state index < -0.39 is 0 Å². The molecule has 0 nitrogen and oxygen atoms in total. The van der Waals surface area contributed by atoms with E-state index in [-0.39, 0.29) is 0 Å². The molecule has 0 unspecified atom stereocenters. The summed E-state index contributed by atoms with van der Waals surface area (Å²) in [5.74, 6) is 0. The third-order valence-corrected chi connectivity index (χ3v) is 2.01. The summed E-state index contributed by atoms with van der Waals surface area (Å²) in [6.45, 7) is 4.41. The number of allylic oxidation sites excluding steroid dienone is 8. The highest BCUT2D eigenvalue weighted by atomic mass is 13.8. The Morgan fingerprint density at radius 2 is 1.13 bits per heavy atom. The van der Waals surface area contributed by atoms with Crippen LogP contribution in [-0.4, -0.2) is 0 Å². The molecule has 0 rings (SSSR count). The lowest BCUT2D eigenvalue weighted by molar-refractivity contribution is 0.815. The molecule has 0 heteroatoms. The van der Waals surface area contributed by atoms with Gasteiger partial charge in [0.2, 0.25) is 0 Å². The highest BCUT2D eigenvalue weighted by Gasteiger charge is 1.74. The van der Waals surface area contributed by atoms with Crippen molar-refractivity contribution in [3.8, 4) is 0 Å². The van der Waals surface area contributed by atoms with E-state index in [1.54, 1.807) is 0 Å². The molecule has 0 amide bonds. The molecule has 0 saturated carbocycles. The van der Waals surface area contributed by atoms with E-state index in [4.69, 9.17) is 0 Å². The van der Waals surface area contributed by atoms with Gasteiger partial charge in [0.25, 0.3) is 0 Å². The fraction of sp³-hybridized carbons (Fsp3) is 0.467. The fourth-order valence-electron chi connectivity index (χ4n) is 1.09. The molecule has 0 saturated heterocycles. The van der Waals surface area contributed by atoms with E-state index >= 15 is 0 Å². The quantitative estimate of drug-likeness (QED) is 0.376. The molecule has 0 aromatic heterocycles. The lowest BCUT2D eigenvalue weighted by Gasteiger charge is -1.85. The van der Waals surface area contributed by atoms with E-state index in [9.17, 15) is 0 Å². The summed E-state index contributed by atoms with van der Waals surface area (Å²) >= 11 is 0. The van der Waals surface area contributed by atoms with Gasteiger partial charge in [0.05, 0.1) is 0 Å². The third kappa shape index (κ3) is 13.0. The van der Waals surface area contributed by atoms with E-state index in [0.717, 1.165) is 0 Å². The Morgan fingerprint density at radius 1 is 0.600 bits per heavy atom. The molecule has 0 aliphatic heterocycles. The first-order valence-electron chi connectivity index (χ1n) is 6.06. The van der Waals surface area contributed by atoms with Gasteiger partial charge in [0, 0.05) is 0 Å². The molecule has 0 bridgehead atoms. The molecule has 0 aliphatic carbocycles. The zero-order valence-electron chi connectivity index (χ0n) is 10.2. The van der Waals surface area contributed by atoms with E-state index in [2.05, 4.69) is 62.5 Å². The molecular formula is C15H24. The van der Waals surface area contributed by atoms with Crippen LogP contribution in [0.3, 0.4) is 0 Å². The predicted molar refractivity (Wildman–Crippen MR) is 71.0 cm³/mol. The van der Waals surface area contributed by atoms with Crippen LogP contribution >= 0.6 is 0 Å². The zero-order valence-corrected chi connectivity index (χ0v) is 10.2. The van der Waals surface area contributed by atoms with Crippen molar-refractivity contribution in [1.82, 2.24) is 0 Å². The predicted octanol–water partition coefficient (Wildman–Crippen LogP) is 5.20. The van der Waals surface area contributed by atoms with Crippen molar-refractivity contribution in [3.63, 3.8) is 0 Å². The molecule has 0 aliphatic rings. The van der Waals surface area contributed by atoms with Crippen molar-refractivity contribution in [2.75, 3.05) is 0 Å². The van der Waals surface area contributed by atoms with Crippen LogP contribution in [-0.2, 0) is 0 Å². The van der Waals surface area contributed by atoms with Gasteiger partial charge in [-0.3, -0.25) is 0 Å². The van der Waals surface area contributed by atoms with Crippen molar-refractivity contribution in [3.05, 3.63) is 48.6 Å². The van der Waals surface area contributed by atoms with Crippen molar-refractivity contribution >= 4 is 0 Å². The summed E-state index contributed by atoms with van der Waals surface area (Å²) < 4.78 is 0. The number of hydrogen-bond donors (Lipinski definition) is 0. The van der Waals surface area contributed by atoms with Gasteiger partial charge in [-0.05, 0) is 12.8 Å². The van der Waals surface area contributed by atoms with Gasteiger partial charge in [-0.2, -0.15) is 0 Å². The largest absolute Gasteiger partial charge is 0.0845 e. The summed E-state index contributed by atoms with van der Waals surface area (Å²) in [6.07, 6.45) is 23.1. The van der Waals surface area contributed by atoms with Crippen LogP contribution in [0.4, 0.5) is 0 Å². The first-order valence-corrected chi connectivity index (χ1v) is 6.06. The molecule has 0 N–H and O–H groups in total. The van der Waals surface area contributed by atoms with Crippen molar-refractivity contribution in [2.45, 2.75) is 46.0 Å². The van der Waals surface area contributed by atoms with Crippen molar-refractivity contribution < 1.29 is 0 Å². The number of unbranched alkanes of at least 4 members (excludes halogenated alkanes) is 3. The van der Waals surface area contributed by atoms with Crippen molar-refractivity contribution in [1.29, 1.82) is 0 Å². The summed E-state index contributed by atoms with van der Waals surface area (Å²) in [4.78, 5) is 0. The topological polar surface area (TPSA) is 0 Å². The Labute approximate surface area is 95.1 Å². The molecule has 0 atom stereocenters. The van der Waals surface area contributed by atoms with Crippen LogP contribution in [0, 0.1) is 0 Å². The average molecular weight is 204 g/mol. The maximum Gasteiger partial charge on any atom is -0.0348 e. The molecule has 84 valence electrons. The van der Waals surface area contributed by atoms with Crippen LogP contribution in [0.15, 0.2) is 48.6 Å². The molecular weight excluding hydrogens is 180 g/mol. The monoisotopic (exact) mass is 204 g/mol. The molecule has 0 radical (unpaired) electrons. The van der Waals surface area contributed by atoms with Crippen LogP contribution in [0.5, 0.6) is 0 Å². The third-order valence-electron chi connectivity index (χ3n) is 2.01. The molecule has 0 heterocycles. The van der Waals surface area contributed by atoms with E-state index in [1.165, 1.54) is 32.1 Å². The van der Waals surface area contributed by atoms with Crippen LogP contribution in [0.2, 0.25) is 0 Å². The number of rotatable bonds is 8. The Morgan fingerprint density at radius 3 is 1.67 bits per heavy atom. The second-order valence-electron chi connectivity index (χ2n) is 3.56. The van der Waals surface area contributed by atoms with Gasteiger partial charge in [-0.25, -0.2) is 0 Å². The van der Waals surface area contributed by atoms with Crippen molar-refractivity contribution in [2.24, 2.45) is 0 Å². The normalized spacial score (nSPS) is 12.9. The zero-order chi connectivity index (χ0) is 11.2. The van der Waals surface area contributed by atoms with Crippen LogP contribution < -0.4 is 0 Å². The SMILES string of the molecule is CCC/C=C/C=C/C=C/C=C/CCCC. The minimum atomic E-state index is 1.17. The second-order valence-corrected chi connectivity index (χ2v) is 3.56. The first kappa shape index (κ1) is 14.0. The summed E-state index contributed by atoms with van der Waals surface area (Å²) in [7, 11) is 0. The van der Waals surface area contributed by atoms with Gasteiger partial charge >= 0.3 is 0 Å². The highest BCUT2D eigenvalue weighted by molar-refractivity contribution is 5.15. The number of hydrogen-bond acceptors (Lipinski definition) is 0. The summed E-state index contributed by atoms with van der Waals surface area (Å²) in [5.41, 5.74) is 0. The van der Waals surface area contributed by atoms with Gasteiger partial charge in [0.15, 0.2) is 0 Å². The van der Waals surface area contributed by atoms with Crippen LogP contribution in [0.25, 0.3) is 0 Å². The lowest BCUT2D eigenvalue weighted by Crippen LogP contribution is -1.64. The van der Waals surface area contributed by atoms with E-state index in [1.807, 2.05) is 0 Å². The lowest BCUT2D eigenvalue weighted by atomic mass is 10.2. The molecule has 0 fully saturated rings. The minimum Gasteiger partial charge on any atom is -0.0845 e. The summed E-state index contributed by atoms with van der Waals surface area (Å²) in [6, 6.07) is 0. The maximum atomic E-state index is 2.22. The van der Waals surface area contributed by atoms with Gasteiger partial charge in [-0.15, -0.1) is 0 Å². The Balaban J connectivity index is 3.48. The fourth-order valence-corrected chi connectivity index (χ4v) is 1.09. The molecule has 15 heavy (non-hydrogen) atoms. The van der Waals surface area contributed by atoms with Crippen LogP contribution in [0.1, 0.15) is 46.0 Å². The molecule has 0 spiro atoms. The van der Waals surface area contributed by atoms with E-state index in [0.29, 0.717) is 0 Å². The Hall–Kier alpha value is -1.04.